The van der Waals surface area contributed by atoms with Crippen LogP contribution in [0, 0.1) is 10.1 Å². The first kappa shape index (κ1) is 17.3. The number of benzene rings is 2. The van der Waals surface area contributed by atoms with E-state index in [1.807, 2.05) is 37.3 Å². The Balaban J connectivity index is 1.82. The molecular weight excluding hydrogens is 336 g/mol. The van der Waals surface area contributed by atoms with E-state index in [1.165, 1.54) is 24.5 Å². The average molecular weight is 352 g/mol. The fourth-order valence-corrected chi connectivity index (χ4v) is 2.64. The van der Waals surface area contributed by atoms with Gasteiger partial charge in [0.15, 0.2) is 0 Å². The van der Waals surface area contributed by atoms with Crippen LogP contribution in [0.3, 0.4) is 0 Å². The van der Waals surface area contributed by atoms with E-state index in [0.717, 1.165) is 10.1 Å². The highest BCUT2D eigenvalue weighted by Crippen LogP contribution is 2.16. The number of non-ortho nitro benzene ring substituents is 1. The van der Waals surface area contributed by atoms with E-state index in [0.29, 0.717) is 5.52 Å². The van der Waals surface area contributed by atoms with Gasteiger partial charge in [-0.15, -0.1) is 0 Å². The normalized spacial score (nSPS) is 11.9. The molecule has 132 valence electrons. The molecule has 1 unspecified atom stereocenters. The SMILES string of the molecule is CC(NC(=O)Cn1cnc2ccc([N+](=O)[O-])cc2c1=O)c1ccccc1. The number of amides is 1. The predicted octanol–water partition coefficient (Wildman–Crippen LogP) is 2.18. The summed E-state index contributed by atoms with van der Waals surface area (Å²) < 4.78 is 1.14. The number of nitro benzene ring substituents is 1. The number of nitrogens with one attached hydrogen (secondary N) is 1. The molecule has 1 heterocycles. The lowest BCUT2D eigenvalue weighted by atomic mass is 10.1. The third-order valence-electron chi connectivity index (χ3n) is 4.01. The van der Waals surface area contributed by atoms with Crippen LogP contribution in [0.2, 0.25) is 0 Å². The molecule has 3 aromatic rings. The van der Waals surface area contributed by atoms with E-state index in [4.69, 9.17) is 0 Å². The Hall–Kier alpha value is -3.55. The number of fused-ring (bicyclic) bond motifs is 1. The summed E-state index contributed by atoms with van der Waals surface area (Å²) in [4.78, 5) is 39.2. The molecule has 8 heteroatoms. The zero-order valence-corrected chi connectivity index (χ0v) is 14.0. The third-order valence-corrected chi connectivity index (χ3v) is 4.01. The number of carbonyl (C=O) groups is 1. The fraction of sp³-hybridized carbons (Fsp3) is 0.167. The van der Waals surface area contributed by atoms with E-state index in [-0.39, 0.29) is 29.6 Å². The highest BCUT2D eigenvalue weighted by molar-refractivity contribution is 5.81. The van der Waals surface area contributed by atoms with Gasteiger partial charge in [-0.25, -0.2) is 4.98 Å². The molecule has 26 heavy (non-hydrogen) atoms. The molecule has 2 aromatic carbocycles. The van der Waals surface area contributed by atoms with Crippen LogP contribution in [0.1, 0.15) is 18.5 Å². The minimum absolute atomic E-state index is 0.102. The van der Waals surface area contributed by atoms with Crippen LogP contribution in [0.25, 0.3) is 10.9 Å². The molecule has 0 aliphatic carbocycles. The van der Waals surface area contributed by atoms with Crippen LogP contribution in [-0.4, -0.2) is 20.4 Å². The summed E-state index contributed by atoms with van der Waals surface area (Å²) in [5.74, 6) is -0.352. The number of carbonyl (C=O) groups excluding carboxylic acids is 1. The zero-order chi connectivity index (χ0) is 18.7. The molecule has 0 radical (unpaired) electrons. The molecule has 0 aliphatic heterocycles. The van der Waals surface area contributed by atoms with Crippen LogP contribution in [0.5, 0.6) is 0 Å². The van der Waals surface area contributed by atoms with Crippen molar-refractivity contribution < 1.29 is 9.72 Å². The van der Waals surface area contributed by atoms with Crippen LogP contribution in [0.4, 0.5) is 5.69 Å². The Kier molecular flexibility index (Phi) is 4.74. The van der Waals surface area contributed by atoms with Gasteiger partial charge < -0.3 is 5.32 Å². The van der Waals surface area contributed by atoms with Crippen molar-refractivity contribution in [3.8, 4) is 0 Å². The summed E-state index contributed by atoms with van der Waals surface area (Å²) in [5, 5.41) is 13.8. The van der Waals surface area contributed by atoms with Crippen molar-refractivity contribution in [1.29, 1.82) is 0 Å². The molecule has 8 nitrogen and oxygen atoms in total. The van der Waals surface area contributed by atoms with Gasteiger partial charge in [0.2, 0.25) is 5.91 Å². The van der Waals surface area contributed by atoms with E-state index in [1.54, 1.807) is 0 Å². The molecule has 1 N–H and O–H groups in total. The Bertz CT molecular complexity index is 1030. The smallest absolute Gasteiger partial charge is 0.270 e. The highest BCUT2D eigenvalue weighted by atomic mass is 16.6. The Morgan fingerprint density at radius 3 is 2.69 bits per heavy atom. The molecule has 0 saturated carbocycles. The number of nitro groups is 1. The van der Waals surface area contributed by atoms with Gasteiger partial charge in [0.1, 0.15) is 6.54 Å². The molecule has 0 fully saturated rings. The predicted molar refractivity (Wildman–Crippen MR) is 95.7 cm³/mol. The van der Waals surface area contributed by atoms with E-state index >= 15 is 0 Å². The van der Waals surface area contributed by atoms with E-state index in [2.05, 4.69) is 10.3 Å². The summed E-state index contributed by atoms with van der Waals surface area (Å²) in [6, 6.07) is 13.1. The summed E-state index contributed by atoms with van der Waals surface area (Å²) in [7, 11) is 0. The van der Waals surface area contributed by atoms with Crippen molar-refractivity contribution in [3.05, 3.63) is 80.9 Å². The van der Waals surface area contributed by atoms with Gasteiger partial charge in [-0.05, 0) is 18.6 Å². The lowest BCUT2D eigenvalue weighted by Crippen LogP contribution is -2.34. The molecule has 1 amide bonds. The topological polar surface area (TPSA) is 107 Å². The van der Waals surface area contributed by atoms with Gasteiger partial charge >= 0.3 is 0 Å². The standard InChI is InChI=1S/C18H16N4O4/c1-12(13-5-3-2-4-6-13)20-17(23)10-21-11-19-16-8-7-14(22(25)26)9-15(16)18(21)24/h2-9,11-12H,10H2,1H3,(H,20,23). The van der Waals surface area contributed by atoms with Gasteiger partial charge in [-0.1, -0.05) is 30.3 Å². The van der Waals surface area contributed by atoms with Crippen LogP contribution >= 0.6 is 0 Å². The van der Waals surface area contributed by atoms with Gasteiger partial charge in [0.05, 0.1) is 28.2 Å². The number of nitrogens with zero attached hydrogens (tertiary/aromatic N) is 3. The lowest BCUT2D eigenvalue weighted by molar-refractivity contribution is -0.384. The zero-order valence-electron chi connectivity index (χ0n) is 14.0. The first-order valence-electron chi connectivity index (χ1n) is 7.93. The second-order valence-corrected chi connectivity index (χ2v) is 5.84. The largest absolute Gasteiger partial charge is 0.348 e. The van der Waals surface area contributed by atoms with E-state index in [9.17, 15) is 19.7 Å². The number of hydrogen-bond acceptors (Lipinski definition) is 5. The molecule has 3 rings (SSSR count). The molecule has 0 spiro atoms. The van der Waals surface area contributed by atoms with Crippen molar-refractivity contribution in [2.75, 3.05) is 0 Å². The van der Waals surface area contributed by atoms with Gasteiger partial charge in [0, 0.05) is 12.1 Å². The molecular formula is C18H16N4O4. The monoisotopic (exact) mass is 352 g/mol. The van der Waals surface area contributed by atoms with Gasteiger partial charge in [0.25, 0.3) is 11.2 Å². The number of hydrogen-bond donors (Lipinski definition) is 1. The Morgan fingerprint density at radius 2 is 2.00 bits per heavy atom. The fourth-order valence-electron chi connectivity index (χ4n) is 2.64. The Morgan fingerprint density at radius 1 is 1.27 bits per heavy atom. The second-order valence-electron chi connectivity index (χ2n) is 5.84. The van der Waals surface area contributed by atoms with Crippen molar-refractivity contribution >= 4 is 22.5 Å². The number of rotatable bonds is 5. The van der Waals surface area contributed by atoms with Gasteiger partial charge in [-0.2, -0.15) is 0 Å². The van der Waals surface area contributed by atoms with Crippen molar-refractivity contribution in [3.63, 3.8) is 0 Å². The summed E-state index contributed by atoms with van der Waals surface area (Å²) in [6.45, 7) is 1.62. The maximum absolute atomic E-state index is 12.5. The van der Waals surface area contributed by atoms with Crippen LogP contribution < -0.4 is 10.9 Å². The molecule has 0 bridgehead atoms. The second kappa shape index (κ2) is 7.14. The molecule has 1 aromatic heterocycles. The highest BCUT2D eigenvalue weighted by Gasteiger charge is 2.14. The maximum atomic E-state index is 12.5. The maximum Gasteiger partial charge on any atom is 0.270 e. The van der Waals surface area contributed by atoms with Crippen molar-refractivity contribution in [2.24, 2.45) is 0 Å². The lowest BCUT2D eigenvalue weighted by Gasteiger charge is -2.15. The molecule has 1 atom stereocenters. The third kappa shape index (κ3) is 3.59. The van der Waals surface area contributed by atoms with Gasteiger partial charge in [-0.3, -0.25) is 24.3 Å². The number of aromatic nitrogens is 2. The summed E-state index contributed by atoms with van der Waals surface area (Å²) >= 11 is 0. The molecule has 0 aliphatic rings. The summed E-state index contributed by atoms with van der Waals surface area (Å²) in [6.07, 6.45) is 1.27. The van der Waals surface area contributed by atoms with Crippen molar-refractivity contribution in [1.82, 2.24) is 14.9 Å². The van der Waals surface area contributed by atoms with Crippen LogP contribution in [0.15, 0.2) is 59.7 Å². The minimum atomic E-state index is -0.579. The quantitative estimate of drug-likeness (QED) is 0.559. The van der Waals surface area contributed by atoms with E-state index < -0.39 is 10.5 Å². The summed E-state index contributed by atoms with van der Waals surface area (Å²) in [5.41, 5.74) is 0.591. The first-order valence-corrected chi connectivity index (χ1v) is 7.93. The Labute approximate surface area is 148 Å². The average Bonchev–Trinajstić information content (AvgIpc) is 2.64. The first-order chi connectivity index (χ1) is 12.5. The minimum Gasteiger partial charge on any atom is -0.348 e. The van der Waals surface area contributed by atoms with Crippen molar-refractivity contribution in [2.45, 2.75) is 19.5 Å². The molecule has 0 saturated heterocycles. The van der Waals surface area contributed by atoms with Crippen LogP contribution in [-0.2, 0) is 11.3 Å².